The highest BCUT2D eigenvalue weighted by molar-refractivity contribution is 7.98. The highest BCUT2D eigenvalue weighted by Crippen LogP contribution is 2.30. The molecule has 0 saturated heterocycles. The first-order valence-electron chi connectivity index (χ1n) is 6.98. The second kappa shape index (κ2) is 6.49. The Kier molecular flexibility index (Phi) is 4.42. The van der Waals surface area contributed by atoms with Gasteiger partial charge in [-0.25, -0.2) is 9.97 Å². The number of aromatic nitrogens is 2. The van der Waals surface area contributed by atoms with Crippen molar-refractivity contribution in [2.24, 2.45) is 0 Å². The van der Waals surface area contributed by atoms with E-state index in [4.69, 9.17) is 0 Å². The van der Waals surface area contributed by atoms with E-state index in [9.17, 15) is 10.1 Å². The fourth-order valence-electron chi connectivity index (χ4n) is 2.24. The molecule has 0 N–H and O–H groups in total. The van der Waals surface area contributed by atoms with Crippen molar-refractivity contribution in [1.29, 1.82) is 5.26 Å². The maximum absolute atomic E-state index is 11.6. The zero-order valence-electron chi connectivity index (χ0n) is 12.7. The molecule has 2 aromatic heterocycles. The van der Waals surface area contributed by atoms with Gasteiger partial charge >= 0.3 is 0 Å². The van der Waals surface area contributed by atoms with Crippen LogP contribution in [0.3, 0.4) is 0 Å². The first-order valence-corrected chi connectivity index (χ1v) is 8.78. The molecule has 2 heterocycles. The van der Waals surface area contributed by atoms with Crippen LogP contribution in [0.2, 0.25) is 0 Å². The summed E-state index contributed by atoms with van der Waals surface area (Å²) < 4.78 is 1.15. The molecule has 0 saturated carbocycles. The number of nitrogens with zero attached hydrogens (tertiary/aromatic N) is 3. The molecule has 0 aliphatic rings. The summed E-state index contributed by atoms with van der Waals surface area (Å²) in [6.07, 6.45) is 0. The molecule has 0 radical (unpaired) electrons. The number of carbonyl (C=O) groups is 1. The summed E-state index contributed by atoms with van der Waals surface area (Å²) >= 11 is 3.12. The second-order valence-corrected chi connectivity index (χ2v) is 7.09. The predicted molar refractivity (Wildman–Crippen MR) is 92.9 cm³/mol. The molecular weight excluding hydrogens is 326 g/mol. The lowest BCUT2D eigenvalue weighted by Gasteiger charge is -2.06. The van der Waals surface area contributed by atoms with Crippen molar-refractivity contribution in [2.75, 3.05) is 0 Å². The average Bonchev–Trinajstić information content (AvgIpc) is 2.95. The molecule has 0 spiro atoms. The minimum absolute atomic E-state index is 0.0748. The molecule has 0 amide bonds. The average molecular weight is 339 g/mol. The molecule has 0 aliphatic carbocycles. The molecule has 23 heavy (non-hydrogen) atoms. The zero-order chi connectivity index (χ0) is 16.4. The third-order valence-electron chi connectivity index (χ3n) is 3.35. The topological polar surface area (TPSA) is 66.6 Å². The SMILES string of the molecule is CC(=O)c1cc(C#N)c(SCc2nc3ccccc3s2)nc1C. The maximum Gasteiger partial charge on any atom is 0.161 e. The number of fused-ring (bicyclic) bond motifs is 1. The first-order chi connectivity index (χ1) is 11.1. The molecular formula is C17H13N3OS2. The predicted octanol–water partition coefficient (Wildman–Crippen LogP) is 4.37. The Morgan fingerprint density at radius 3 is 2.83 bits per heavy atom. The van der Waals surface area contributed by atoms with E-state index in [1.54, 1.807) is 24.3 Å². The number of para-hydroxylation sites is 1. The molecule has 0 bridgehead atoms. The quantitative estimate of drug-likeness (QED) is 0.522. The van der Waals surface area contributed by atoms with Crippen LogP contribution >= 0.6 is 23.1 Å². The third-order valence-corrected chi connectivity index (χ3v) is 5.57. The normalized spacial score (nSPS) is 10.7. The maximum atomic E-state index is 11.6. The van der Waals surface area contributed by atoms with Crippen LogP contribution in [0, 0.1) is 18.3 Å². The van der Waals surface area contributed by atoms with Crippen molar-refractivity contribution in [1.82, 2.24) is 9.97 Å². The minimum Gasteiger partial charge on any atom is -0.294 e. The standard InChI is InChI=1S/C17H13N3OS2/c1-10-13(11(2)21)7-12(8-18)17(19-10)22-9-16-20-14-5-3-4-6-15(14)23-16/h3-7H,9H2,1-2H3. The van der Waals surface area contributed by atoms with Crippen LogP contribution in [-0.2, 0) is 5.75 Å². The van der Waals surface area contributed by atoms with Crippen LogP contribution in [0.5, 0.6) is 0 Å². The van der Waals surface area contributed by atoms with Gasteiger partial charge in [0.05, 0.1) is 21.5 Å². The lowest BCUT2D eigenvalue weighted by molar-refractivity contribution is 0.101. The second-order valence-electron chi connectivity index (χ2n) is 5.01. The Labute approximate surface area is 142 Å². The van der Waals surface area contributed by atoms with Gasteiger partial charge in [0.15, 0.2) is 5.78 Å². The molecule has 6 heteroatoms. The highest BCUT2D eigenvalue weighted by atomic mass is 32.2. The summed E-state index contributed by atoms with van der Waals surface area (Å²) in [6.45, 7) is 3.28. The van der Waals surface area contributed by atoms with E-state index in [0.29, 0.717) is 27.6 Å². The molecule has 3 rings (SSSR count). The smallest absolute Gasteiger partial charge is 0.161 e. The Balaban J connectivity index is 1.86. The van der Waals surface area contributed by atoms with Gasteiger partial charge in [0.2, 0.25) is 0 Å². The fourth-order valence-corrected chi connectivity index (χ4v) is 4.20. The van der Waals surface area contributed by atoms with Crippen LogP contribution in [0.15, 0.2) is 35.4 Å². The summed E-state index contributed by atoms with van der Waals surface area (Å²) in [7, 11) is 0. The minimum atomic E-state index is -0.0748. The van der Waals surface area contributed by atoms with Crippen molar-refractivity contribution >= 4 is 39.1 Å². The number of aryl methyl sites for hydroxylation is 1. The van der Waals surface area contributed by atoms with E-state index in [2.05, 4.69) is 16.0 Å². The molecule has 0 fully saturated rings. The largest absolute Gasteiger partial charge is 0.294 e. The lowest BCUT2D eigenvalue weighted by atomic mass is 10.1. The van der Waals surface area contributed by atoms with Gasteiger partial charge in [-0.3, -0.25) is 4.79 Å². The van der Waals surface area contributed by atoms with E-state index < -0.39 is 0 Å². The monoisotopic (exact) mass is 339 g/mol. The van der Waals surface area contributed by atoms with Crippen molar-refractivity contribution in [2.45, 2.75) is 24.6 Å². The van der Waals surface area contributed by atoms with Crippen molar-refractivity contribution < 1.29 is 4.79 Å². The van der Waals surface area contributed by atoms with Gasteiger partial charge in [0, 0.05) is 11.3 Å². The van der Waals surface area contributed by atoms with Gasteiger partial charge in [-0.15, -0.1) is 11.3 Å². The van der Waals surface area contributed by atoms with Crippen molar-refractivity contribution in [3.8, 4) is 6.07 Å². The molecule has 0 atom stereocenters. The zero-order valence-corrected chi connectivity index (χ0v) is 14.3. The summed E-state index contributed by atoms with van der Waals surface area (Å²) in [6, 6.07) is 11.8. The van der Waals surface area contributed by atoms with Crippen molar-refractivity contribution in [3.05, 3.63) is 52.2 Å². The molecule has 114 valence electrons. The first kappa shape index (κ1) is 15.7. The van der Waals surface area contributed by atoms with Crippen LogP contribution in [-0.4, -0.2) is 15.8 Å². The van der Waals surface area contributed by atoms with E-state index in [0.717, 1.165) is 15.2 Å². The Hall–Kier alpha value is -2.23. The van der Waals surface area contributed by atoms with Gasteiger partial charge in [-0.2, -0.15) is 5.26 Å². The molecule has 1 aromatic carbocycles. The van der Waals surface area contributed by atoms with Gasteiger partial charge in [-0.1, -0.05) is 23.9 Å². The third kappa shape index (κ3) is 3.26. The number of carbonyl (C=O) groups excluding carboxylic acids is 1. The van der Waals surface area contributed by atoms with E-state index in [-0.39, 0.29) is 5.78 Å². The fraction of sp³-hybridized carbons (Fsp3) is 0.176. The summed E-state index contributed by atoms with van der Waals surface area (Å²) in [5.41, 5.74) is 2.59. The Morgan fingerprint density at radius 2 is 2.13 bits per heavy atom. The van der Waals surface area contributed by atoms with Crippen LogP contribution in [0.25, 0.3) is 10.2 Å². The van der Waals surface area contributed by atoms with Crippen LogP contribution in [0.4, 0.5) is 0 Å². The molecule has 0 aliphatic heterocycles. The van der Waals surface area contributed by atoms with Gasteiger partial charge < -0.3 is 0 Å². The van der Waals surface area contributed by atoms with Crippen molar-refractivity contribution in [3.63, 3.8) is 0 Å². The van der Waals surface area contributed by atoms with Crippen LogP contribution in [0.1, 0.15) is 33.5 Å². The number of hydrogen-bond acceptors (Lipinski definition) is 6. The number of nitriles is 1. The Bertz CT molecular complexity index is 908. The number of Topliss-reactive ketones (excluding diaryl/α,β-unsaturated/α-hetero) is 1. The Morgan fingerprint density at radius 1 is 1.35 bits per heavy atom. The summed E-state index contributed by atoms with van der Waals surface area (Å²) in [4.78, 5) is 20.6. The molecule has 0 unspecified atom stereocenters. The summed E-state index contributed by atoms with van der Waals surface area (Å²) in [5.74, 6) is 0.578. The number of thioether (sulfide) groups is 1. The lowest BCUT2D eigenvalue weighted by Crippen LogP contribution is -2.02. The van der Waals surface area contributed by atoms with E-state index in [1.165, 1.54) is 18.7 Å². The van der Waals surface area contributed by atoms with E-state index >= 15 is 0 Å². The number of pyridine rings is 1. The number of thiazole rings is 1. The molecule has 3 aromatic rings. The van der Waals surface area contributed by atoms with Gasteiger partial charge in [0.1, 0.15) is 16.1 Å². The summed E-state index contributed by atoms with van der Waals surface area (Å²) in [5, 5.41) is 10.9. The highest BCUT2D eigenvalue weighted by Gasteiger charge is 2.13. The number of rotatable bonds is 4. The van der Waals surface area contributed by atoms with Crippen LogP contribution < -0.4 is 0 Å². The van der Waals surface area contributed by atoms with Gasteiger partial charge in [0.25, 0.3) is 0 Å². The van der Waals surface area contributed by atoms with E-state index in [1.807, 2.05) is 24.3 Å². The number of benzene rings is 1. The molecule has 4 nitrogen and oxygen atoms in total. The number of ketones is 1. The van der Waals surface area contributed by atoms with Gasteiger partial charge in [-0.05, 0) is 32.0 Å². The number of hydrogen-bond donors (Lipinski definition) is 0.